The fourth-order valence-corrected chi connectivity index (χ4v) is 3.32. The maximum atomic E-state index is 13.0. The number of carbonyl (C=O) groups is 1. The highest BCUT2D eigenvalue weighted by molar-refractivity contribution is 5.91. The van der Waals surface area contributed by atoms with Crippen LogP contribution in [0.2, 0.25) is 0 Å². The maximum Gasteiger partial charge on any atom is 0.292 e. The molecule has 1 fully saturated rings. The number of carbonyl (C=O) groups excluding carboxylic acids is 1. The van der Waals surface area contributed by atoms with Crippen molar-refractivity contribution in [1.82, 2.24) is 15.4 Å². The summed E-state index contributed by atoms with van der Waals surface area (Å²) < 4.78 is 5.42. The maximum absolute atomic E-state index is 13.0. The SMILES string of the molecule is CC(C)CN(Cc1ccccc1)C(=O)c1cc(C2CCNCC2)no1. The minimum Gasteiger partial charge on any atom is -0.351 e. The van der Waals surface area contributed by atoms with Gasteiger partial charge in [-0.15, -0.1) is 0 Å². The van der Waals surface area contributed by atoms with Crippen molar-refractivity contribution in [3.63, 3.8) is 0 Å². The number of piperidine rings is 1. The van der Waals surface area contributed by atoms with E-state index in [9.17, 15) is 4.79 Å². The molecule has 1 aromatic carbocycles. The van der Waals surface area contributed by atoms with E-state index >= 15 is 0 Å². The third-order valence-corrected chi connectivity index (χ3v) is 4.59. The van der Waals surface area contributed by atoms with Gasteiger partial charge in [-0.25, -0.2) is 0 Å². The molecule has 2 heterocycles. The minimum absolute atomic E-state index is 0.0785. The third kappa shape index (κ3) is 4.69. The molecule has 1 aliphatic heterocycles. The van der Waals surface area contributed by atoms with Crippen LogP contribution >= 0.6 is 0 Å². The lowest BCUT2D eigenvalue weighted by molar-refractivity contribution is 0.0680. The fourth-order valence-electron chi connectivity index (χ4n) is 3.32. The lowest BCUT2D eigenvalue weighted by Gasteiger charge is -2.23. The largest absolute Gasteiger partial charge is 0.351 e. The molecule has 1 aromatic heterocycles. The Labute approximate surface area is 149 Å². The summed E-state index contributed by atoms with van der Waals surface area (Å²) in [6, 6.07) is 11.9. The van der Waals surface area contributed by atoms with Crippen LogP contribution in [-0.2, 0) is 6.54 Å². The second-order valence-corrected chi connectivity index (χ2v) is 7.21. The van der Waals surface area contributed by atoms with Gasteiger partial charge in [0, 0.05) is 25.1 Å². The molecule has 0 saturated carbocycles. The van der Waals surface area contributed by atoms with Crippen LogP contribution < -0.4 is 5.32 Å². The number of nitrogens with one attached hydrogen (secondary N) is 1. The monoisotopic (exact) mass is 341 g/mol. The molecule has 0 atom stereocenters. The van der Waals surface area contributed by atoms with E-state index in [1.165, 1.54) is 0 Å². The van der Waals surface area contributed by atoms with Gasteiger partial charge >= 0.3 is 0 Å². The molecule has 1 N–H and O–H groups in total. The van der Waals surface area contributed by atoms with E-state index in [2.05, 4.69) is 24.3 Å². The van der Waals surface area contributed by atoms with Crippen LogP contribution in [0.3, 0.4) is 0 Å². The minimum atomic E-state index is -0.0785. The molecule has 25 heavy (non-hydrogen) atoms. The van der Waals surface area contributed by atoms with Gasteiger partial charge in [-0.3, -0.25) is 4.79 Å². The van der Waals surface area contributed by atoms with Crippen molar-refractivity contribution in [2.24, 2.45) is 5.92 Å². The molecule has 0 aliphatic carbocycles. The molecule has 0 unspecified atom stereocenters. The highest BCUT2D eigenvalue weighted by Gasteiger charge is 2.25. The van der Waals surface area contributed by atoms with E-state index in [0.717, 1.165) is 37.2 Å². The van der Waals surface area contributed by atoms with E-state index in [0.29, 0.717) is 30.7 Å². The molecule has 5 heteroatoms. The van der Waals surface area contributed by atoms with Gasteiger partial charge in [0.25, 0.3) is 5.91 Å². The number of aromatic nitrogens is 1. The van der Waals surface area contributed by atoms with E-state index < -0.39 is 0 Å². The molecule has 5 nitrogen and oxygen atoms in total. The molecular weight excluding hydrogens is 314 g/mol. The molecule has 1 amide bonds. The van der Waals surface area contributed by atoms with Gasteiger partial charge in [-0.1, -0.05) is 49.3 Å². The summed E-state index contributed by atoms with van der Waals surface area (Å²) in [4.78, 5) is 14.8. The van der Waals surface area contributed by atoms with Crippen LogP contribution in [0, 0.1) is 5.92 Å². The Morgan fingerprint density at radius 3 is 2.68 bits per heavy atom. The van der Waals surface area contributed by atoms with Crippen LogP contribution in [0.5, 0.6) is 0 Å². The molecule has 134 valence electrons. The van der Waals surface area contributed by atoms with Crippen LogP contribution in [0.15, 0.2) is 40.9 Å². The Bertz CT molecular complexity index is 675. The number of rotatable bonds is 6. The zero-order valence-corrected chi connectivity index (χ0v) is 15.1. The van der Waals surface area contributed by atoms with E-state index in [1.54, 1.807) is 0 Å². The van der Waals surface area contributed by atoms with Gasteiger partial charge in [0.15, 0.2) is 0 Å². The molecule has 0 spiro atoms. The molecule has 0 bridgehead atoms. The summed E-state index contributed by atoms with van der Waals surface area (Å²) >= 11 is 0. The molecule has 1 aliphatic rings. The first kappa shape index (κ1) is 17.7. The van der Waals surface area contributed by atoms with Crippen LogP contribution in [-0.4, -0.2) is 35.6 Å². The average molecular weight is 341 g/mol. The van der Waals surface area contributed by atoms with Crippen molar-refractivity contribution >= 4 is 5.91 Å². The fraction of sp³-hybridized carbons (Fsp3) is 0.500. The van der Waals surface area contributed by atoms with Crippen molar-refractivity contribution in [2.45, 2.75) is 39.2 Å². The van der Waals surface area contributed by atoms with Crippen molar-refractivity contribution < 1.29 is 9.32 Å². The molecule has 1 saturated heterocycles. The van der Waals surface area contributed by atoms with E-state index in [4.69, 9.17) is 4.52 Å². The summed E-state index contributed by atoms with van der Waals surface area (Å²) in [6.07, 6.45) is 2.08. The quantitative estimate of drug-likeness (QED) is 0.874. The zero-order chi connectivity index (χ0) is 17.6. The highest BCUT2D eigenvalue weighted by atomic mass is 16.5. The normalized spacial score (nSPS) is 15.5. The van der Waals surface area contributed by atoms with Gasteiger partial charge in [0.1, 0.15) is 0 Å². The topological polar surface area (TPSA) is 58.4 Å². The predicted octanol–water partition coefficient (Wildman–Crippen LogP) is 3.44. The van der Waals surface area contributed by atoms with Crippen molar-refractivity contribution in [1.29, 1.82) is 0 Å². The Morgan fingerprint density at radius 2 is 2.00 bits per heavy atom. The summed E-state index contributed by atoms with van der Waals surface area (Å²) in [7, 11) is 0. The van der Waals surface area contributed by atoms with Gasteiger partial charge in [0.05, 0.1) is 5.69 Å². The summed E-state index contributed by atoms with van der Waals surface area (Å²) in [6.45, 7) is 7.50. The standard InChI is InChI=1S/C20H27N3O2/c1-15(2)13-23(14-16-6-4-3-5-7-16)20(24)19-12-18(22-25-19)17-8-10-21-11-9-17/h3-7,12,15,17,21H,8-11,13-14H2,1-2H3. The summed E-state index contributed by atoms with van der Waals surface area (Å²) in [5.41, 5.74) is 2.03. The lowest BCUT2D eigenvalue weighted by Crippen LogP contribution is -2.33. The van der Waals surface area contributed by atoms with Crippen LogP contribution in [0.1, 0.15) is 54.4 Å². The molecule has 3 rings (SSSR count). The number of benzene rings is 1. The van der Waals surface area contributed by atoms with Crippen molar-refractivity contribution in [2.75, 3.05) is 19.6 Å². The Balaban J connectivity index is 1.74. The Morgan fingerprint density at radius 1 is 1.28 bits per heavy atom. The van der Waals surface area contributed by atoms with Crippen LogP contribution in [0.4, 0.5) is 0 Å². The van der Waals surface area contributed by atoms with Crippen LogP contribution in [0.25, 0.3) is 0 Å². The van der Waals surface area contributed by atoms with Gasteiger partial charge in [-0.05, 0) is 37.4 Å². The molecule has 2 aromatic rings. The van der Waals surface area contributed by atoms with Gasteiger partial charge in [0.2, 0.25) is 5.76 Å². The average Bonchev–Trinajstić information content (AvgIpc) is 3.12. The molecular formula is C20H27N3O2. The first-order valence-corrected chi connectivity index (χ1v) is 9.14. The smallest absolute Gasteiger partial charge is 0.292 e. The number of hydrogen-bond acceptors (Lipinski definition) is 4. The number of hydrogen-bond donors (Lipinski definition) is 1. The molecule has 0 radical (unpaired) electrons. The van der Waals surface area contributed by atoms with Crippen molar-refractivity contribution in [3.8, 4) is 0 Å². The van der Waals surface area contributed by atoms with Crippen molar-refractivity contribution in [3.05, 3.63) is 53.4 Å². The third-order valence-electron chi connectivity index (χ3n) is 4.59. The van der Waals surface area contributed by atoms with Gasteiger partial charge < -0.3 is 14.7 Å². The summed E-state index contributed by atoms with van der Waals surface area (Å²) in [5.74, 6) is 1.05. The Kier molecular flexibility index (Phi) is 5.87. The second-order valence-electron chi connectivity index (χ2n) is 7.21. The van der Waals surface area contributed by atoms with Gasteiger partial charge in [-0.2, -0.15) is 0 Å². The van der Waals surface area contributed by atoms with E-state index in [-0.39, 0.29) is 5.91 Å². The van der Waals surface area contributed by atoms with E-state index in [1.807, 2.05) is 41.3 Å². The zero-order valence-electron chi connectivity index (χ0n) is 15.1. The lowest BCUT2D eigenvalue weighted by atomic mass is 9.94. The first-order valence-electron chi connectivity index (χ1n) is 9.14. The Hall–Kier alpha value is -2.14. The summed E-state index contributed by atoms with van der Waals surface area (Å²) in [5, 5.41) is 7.53. The predicted molar refractivity (Wildman–Crippen MR) is 97.4 cm³/mol. The number of amides is 1. The first-order chi connectivity index (χ1) is 12.1. The number of nitrogens with zero attached hydrogens (tertiary/aromatic N) is 2. The second kappa shape index (κ2) is 8.30. The highest BCUT2D eigenvalue weighted by Crippen LogP contribution is 2.25.